The van der Waals surface area contributed by atoms with Gasteiger partial charge in [-0.1, -0.05) is 19.1 Å². The monoisotopic (exact) mass is 343 g/mol. The quantitative estimate of drug-likeness (QED) is 0.854. The summed E-state index contributed by atoms with van der Waals surface area (Å²) in [5.74, 6) is 0.557. The van der Waals surface area contributed by atoms with Crippen molar-refractivity contribution in [2.24, 2.45) is 5.92 Å². The molecule has 2 fully saturated rings. The molecular formula is C19H25N3O3. The number of urea groups is 1. The molecular weight excluding hydrogens is 318 g/mol. The number of carbonyl (C=O) groups is 3. The molecule has 3 rings (SSSR count). The Morgan fingerprint density at radius 2 is 1.80 bits per heavy atom. The average molecular weight is 343 g/mol. The molecule has 1 aromatic rings. The van der Waals surface area contributed by atoms with E-state index in [2.05, 4.69) is 12.2 Å². The molecule has 6 nitrogen and oxygen atoms in total. The highest BCUT2D eigenvalue weighted by Crippen LogP contribution is 2.27. The molecule has 6 heteroatoms. The zero-order chi connectivity index (χ0) is 18.0. The predicted octanol–water partition coefficient (Wildman–Crippen LogP) is 2.39. The Hall–Kier alpha value is -2.37. The Bertz CT molecular complexity index is 647. The van der Waals surface area contributed by atoms with Crippen molar-refractivity contribution in [1.82, 2.24) is 15.1 Å². The SMILES string of the molecule is CC1CCC(N(C)C(=O)c2ccc(CN3C(=O)CNC3=O)cc2)CC1. The van der Waals surface area contributed by atoms with Crippen LogP contribution in [0.15, 0.2) is 24.3 Å². The zero-order valence-electron chi connectivity index (χ0n) is 14.8. The second-order valence-electron chi connectivity index (χ2n) is 7.17. The van der Waals surface area contributed by atoms with Gasteiger partial charge in [0, 0.05) is 18.7 Å². The molecule has 1 heterocycles. The Labute approximate surface area is 148 Å². The normalized spacial score (nSPS) is 23.5. The van der Waals surface area contributed by atoms with E-state index < -0.39 is 0 Å². The highest BCUT2D eigenvalue weighted by molar-refractivity contribution is 6.01. The third-order valence-electron chi connectivity index (χ3n) is 5.33. The van der Waals surface area contributed by atoms with E-state index in [0.29, 0.717) is 11.6 Å². The molecule has 0 radical (unpaired) electrons. The smallest absolute Gasteiger partial charge is 0.324 e. The van der Waals surface area contributed by atoms with Crippen molar-refractivity contribution >= 4 is 17.8 Å². The first-order valence-corrected chi connectivity index (χ1v) is 8.90. The van der Waals surface area contributed by atoms with Gasteiger partial charge in [-0.2, -0.15) is 0 Å². The molecule has 1 aliphatic heterocycles. The van der Waals surface area contributed by atoms with Gasteiger partial charge in [-0.25, -0.2) is 4.79 Å². The van der Waals surface area contributed by atoms with Crippen LogP contribution >= 0.6 is 0 Å². The average Bonchev–Trinajstić information content (AvgIpc) is 2.94. The first-order valence-electron chi connectivity index (χ1n) is 8.90. The lowest BCUT2D eigenvalue weighted by Gasteiger charge is -2.33. The number of hydrogen-bond donors (Lipinski definition) is 1. The summed E-state index contributed by atoms with van der Waals surface area (Å²) in [7, 11) is 1.88. The largest absolute Gasteiger partial charge is 0.339 e. The minimum atomic E-state index is -0.364. The lowest BCUT2D eigenvalue weighted by atomic mass is 9.86. The van der Waals surface area contributed by atoms with Crippen LogP contribution in [0.1, 0.15) is 48.5 Å². The molecule has 0 atom stereocenters. The minimum Gasteiger partial charge on any atom is -0.339 e. The maximum absolute atomic E-state index is 12.7. The van der Waals surface area contributed by atoms with Crippen molar-refractivity contribution in [1.29, 1.82) is 0 Å². The van der Waals surface area contributed by atoms with Crippen LogP contribution in [-0.4, -0.2) is 47.3 Å². The Morgan fingerprint density at radius 1 is 1.16 bits per heavy atom. The van der Waals surface area contributed by atoms with Crippen LogP contribution in [0.4, 0.5) is 4.79 Å². The standard InChI is InChI=1S/C19H25N3O3/c1-13-3-9-16(10-4-13)21(2)18(24)15-7-5-14(6-8-15)12-22-17(23)11-20-19(22)25/h5-8,13,16H,3-4,9-12H2,1-2H3,(H,20,25). The predicted molar refractivity (Wildman–Crippen MR) is 93.9 cm³/mol. The van der Waals surface area contributed by atoms with Gasteiger partial charge in [-0.3, -0.25) is 14.5 Å². The van der Waals surface area contributed by atoms with E-state index in [4.69, 9.17) is 0 Å². The number of hydrogen-bond acceptors (Lipinski definition) is 3. The molecule has 1 saturated carbocycles. The Kier molecular flexibility index (Phi) is 5.06. The molecule has 0 aromatic heterocycles. The van der Waals surface area contributed by atoms with Gasteiger partial charge in [-0.15, -0.1) is 0 Å². The number of amides is 4. The van der Waals surface area contributed by atoms with Crippen LogP contribution in [0.2, 0.25) is 0 Å². The van der Waals surface area contributed by atoms with Crippen molar-refractivity contribution in [3.63, 3.8) is 0 Å². The fourth-order valence-corrected chi connectivity index (χ4v) is 3.55. The molecule has 2 aliphatic rings. The fraction of sp³-hybridized carbons (Fsp3) is 0.526. The number of benzene rings is 1. The summed E-state index contributed by atoms with van der Waals surface area (Å²) < 4.78 is 0. The number of carbonyl (C=O) groups excluding carboxylic acids is 3. The van der Waals surface area contributed by atoms with E-state index in [9.17, 15) is 14.4 Å². The lowest BCUT2D eigenvalue weighted by molar-refractivity contribution is -0.125. The lowest BCUT2D eigenvalue weighted by Crippen LogP contribution is -2.39. The molecule has 1 saturated heterocycles. The topological polar surface area (TPSA) is 69.7 Å². The van der Waals surface area contributed by atoms with Crippen LogP contribution in [0, 0.1) is 5.92 Å². The van der Waals surface area contributed by atoms with E-state index in [1.807, 2.05) is 24.1 Å². The first kappa shape index (κ1) is 17.5. The maximum atomic E-state index is 12.7. The molecule has 0 bridgehead atoms. The van der Waals surface area contributed by atoms with Gasteiger partial charge >= 0.3 is 6.03 Å². The fourth-order valence-electron chi connectivity index (χ4n) is 3.55. The molecule has 4 amide bonds. The maximum Gasteiger partial charge on any atom is 0.324 e. The Morgan fingerprint density at radius 3 is 2.36 bits per heavy atom. The van der Waals surface area contributed by atoms with Crippen LogP contribution < -0.4 is 5.32 Å². The van der Waals surface area contributed by atoms with Crippen LogP contribution in [0.5, 0.6) is 0 Å². The summed E-state index contributed by atoms with van der Waals surface area (Å²) in [5, 5.41) is 2.50. The summed E-state index contributed by atoms with van der Waals surface area (Å²) in [6.45, 7) is 2.55. The van der Waals surface area contributed by atoms with Crippen molar-refractivity contribution < 1.29 is 14.4 Å². The second-order valence-corrected chi connectivity index (χ2v) is 7.17. The molecule has 1 N–H and O–H groups in total. The van der Waals surface area contributed by atoms with Gasteiger partial charge in [0.15, 0.2) is 0 Å². The second kappa shape index (κ2) is 7.25. The zero-order valence-corrected chi connectivity index (χ0v) is 14.8. The first-order chi connectivity index (χ1) is 12.0. The van der Waals surface area contributed by atoms with Gasteiger partial charge in [0.05, 0.1) is 13.1 Å². The minimum absolute atomic E-state index is 0.0288. The van der Waals surface area contributed by atoms with Crippen LogP contribution in [0.3, 0.4) is 0 Å². The van der Waals surface area contributed by atoms with Gasteiger partial charge in [0.25, 0.3) is 5.91 Å². The van der Waals surface area contributed by atoms with Crippen LogP contribution in [-0.2, 0) is 11.3 Å². The van der Waals surface area contributed by atoms with Crippen molar-refractivity contribution in [2.75, 3.05) is 13.6 Å². The molecule has 0 unspecified atom stereocenters. The van der Waals surface area contributed by atoms with E-state index in [1.54, 1.807) is 12.1 Å². The van der Waals surface area contributed by atoms with Crippen molar-refractivity contribution in [3.05, 3.63) is 35.4 Å². The third-order valence-corrected chi connectivity index (χ3v) is 5.33. The molecule has 134 valence electrons. The highest BCUT2D eigenvalue weighted by atomic mass is 16.2. The number of nitrogens with zero attached hydrogens (tertiary/aromatic N) is 2. The highest BCUT2D eigenvalue weighted by Gasteiger charge is 2.28. The van der Waals surface area contributed by atoms with Crippen molar-refractivity contribution in [3.8, 4) is 0 Å². The third kappa shape index (κ3) is 3.83. The number of rotatable bonds is 4. The molecule has 0 spiro atoms. The van der Waals surface area contributed by atoms with E-state index in [1.165, 1.54) is 17.7 Å². The number of imide groups is 1. The number of nitrogens with one attached hydrogen (secondary N) is 1. The Balaban J connectivity index is 1.62. The summed E-state index contributed by atoms with van der Waals surface area (Å²) in [6, 6.07) is 7.12. The van der Waals surface area contributed by atoms with E-state index in [-0.39, 0.29) is 30.9 Å². The van der Waals surface area contributed by atoms with Gasteiger partial charge < -0.3 is 10.2 Å². The molecule has 1 aliphatic carbocycles. The summed E-state index contributed by atoms with van der Waals surface area (Å²) in [5.41, 5.74) is 1.47. The van der Waals surface area contributed by atoms with Crippen LogP contribution in [0.25, 0.3) is 0 Å². The van der Waals surface area contributed by atoms with Crippen molar-refractivity contribution in [2.45, 2.75) is 45.2 Å². The van der Waals surface area contributed by atoms with Gasteiger partial charge in [-0.05, 0) is 49.3 Å². The molecule has 25 heavy (non-hydrogen) atoms. The van der Waals surface area contributed by atoms with Gasteiger partial charge in [0.1, 0.15) is 0 Å². The summed E-state index contributed by atoms with van der Waals surface area (Å²) in [4.78, 5) is 38.9. The van der Waals surface area contributed by atoms with E-state index >= 15 is 0 Å². The summed E-state index contributed by atoms with van der Waals surface area (Å²) >= 11 is 0. The van der Waals surface area contributed by atoms with E-state index in [0.717, 1.165) is 24.3 Å². The molecule has 1 aromatic carbocycles. The summed E-state index contributed by atoms with van der Waals surface area (Å²) in [6.07, 6.45) is 4.47. The van der Waals surface area contributed by atoms with Gasteiger partial charge in [0.2, 0.25) is 5.91 Å².